The Morgan fingerprint density at radius 3 is 3.06 bits per heavy atom. The summed E-state index contributed by atoms with van der Waals surface area (Å²) in [4.78, 5) is 8.75. The quantitative estimate of drug-likeness (QED) is 0.812. The minimum absolute atomic E-state index is 0. The van der Waals surface area contributed by atoms with Gasteiger partial charge in [-0.15, -0.1) is 35.3 Å². The van der Waals surface area contributed by atoms with E-state index in [9.17, 15) is 0 Å². The lowest BCUT2D eigenvalue weighted by molar-refractivity contribution is 0.698. The molecule has 1 aromatic rings. The highest BCUT2D eigenvalue weighted by Crippen LogP contribution is 2.07. The van der Waals surface area contributed by atoms with Gasteiger partial charge in [-0.3, -0.25) is 4.99 Å². The van der Waals surface area contributed by atoms with Crippen molar-refractivity contribution in [2.75, 3.05) is 19.6 Å². The predicted molar refractivity (Wildman–Crippen MR) is 78.9 cm³/mol. The van der Waals surface area contributed by atoms with Crippen molar-refractivity contribution in [2.45, 2.75) is 19.8 Å². The summed E-state index contributed by atoms with van der Waals surface area (Å²) in [5, 5.41) is 9.77. The van der Waals surface area contributed by atoms with E-state index < -0.39 is 0 Å². The Balaban J connectivity index is 0.00000128. The van der Waals surface area contributed by atoms with Gasteiger partial charge in [0.1, 0.15) is 0 Å². The highest BCUT2D eigenvalue weighted by Gasteiger charge is 2.03. The van der Waals surface area contributed by atoms with Gasteiger partial charge in [-0.1, -0.05) is 0 Å². The number of thiazole rings is 1. The van der Waals surface area contributed by atoms with E-state index in [0.29, 0.717) is 0 Å². The summed E-state index contributed by atoms with van der Waals surface area (Å²) in [5.41, 5.74) is 1.17. The Morgan fingerprint density at radius 1 is 1.56 bits per heavy atom. The van der Waals surface area contributed by atoms with E-state index in [1.807, 2.05) is 6.92 Å². The van der Waals surface area contributed by atoms with Gasteiger partial charge in [-0.05, 0) is 13.3 Å². The zero-order valence-corrected chi connectivity index (χ0v) is 12.5. The summed E-state index contributed by atoms with van der Waals surface area (Å²) >= 11 is 1.71. The maximum absolute atomic E-state index is 4.41. The highest BCUT2D eigenvalue weighted by atomic mass is 127. The number of hydrogen-bond acceptors (Lipinski definition) is 5. The fourth-order valence-corrected chi connectivity index (χ4v) is 2.13. The summed E-state index contributed by atoms with van der Waals surface area (Å²) in [5.74, 6) is 0.938. The first-order chi connectivity index (χ1) is 7.34. The van der Waals surface area contributed by atoms with Crippen molar-refractivity contribution in [2.24, 2.45) is 4.99 Å². The van der Waals surface area contributed by atoms with Gasteiger partial charge in [0.2, 0.25) is 0 Å². The van der Waals surface area contributed by atoms with Crippen molar-refractivity contribution in [3.63, 3.8) is 0 Å². The van der Waals surface area contributed by atoms with E-state index >= 15 is 0 Å². The van der Waals surface area contributed by atoms with Gasteiger partial charge in [0.15, 0.2) is 5.96 Å². The second kappa shape index (κ2) is 7.05. The molecule has 2 N–H and O–H groups in total. The molecule has 0 saturated heterocycles. The van der Waals surface area contributed by atoms with Gasteiger partial charge < -0.3 is 10.6 Å². The lowest BCUT2D eigenvalue weighted by atomic mass is 10.3. The summed E-state index contributed by atoms with van der Waals surface area (Å²) in [6.45, 7) is 4.90. The van der Waals surface area contributed by atoms with Gasteiger partial charge in [0, 0.05) is 31.4 Å². The first-order valence-corrected chi connectivity index (χ1v) is 6.16. The standard InChI is InChI=1S/C10H16N4S.HI/c1-8-14-9(7-15-8)3-6-13-10-11-4-2-5-12-10;/h7H,2-6H2,1H3,(H2,11,12,13);1H. The maximum Gasteiger partial charge on any atom is 0.191 e. The van der Waals surface area contributed by atoms with Crippen LogP contribution in [0, 0.1) is 6.92 Å². The number of nitrogens with one attached hydrogen (secondary N) is 2. The molecule has 2 heterocycles. The van der Waals surface area contributed by atoms with E-state index in [2.05, 4.69) is 26.0 Å². The molecule has 0 aromatic carbocycles. The average molecular weight is 352 g/mol. The smallest absolute Gasteiger partial charge is 0.191 e. The van der Waals surface area contributed by atoms with Gasteiger partial charge in [0.05, 0.1) is 10.7 Å². The summed E-state index contributed by atoms with van der Waals surface area (Å²) in [7, 11) is 0. The van der Waals surface area contributed by atoms with E-state index in [1.165, 1.54) is 5.69 Å². The van der Waals surface area contributed by atoms with E-state index in [1.54, 1.807) is 11.3 Å². The van der Waals surface area contributed by atoms with Crippen LogP contribution in [0.4, 0.5) is 0 Å². The molecular weight excluding hydrogens is 335 g/mol. The molecule has 6 heteroatoms. The Kier molecular flexibility index (Phi) is 6.04. The zero-order valence-electron chi connectivity index (χ0n) is 9.32. The molecule has 0 aliphatic carbocycles. The Bertz CT molecular complexity index is 350. The number of aromatic nitrogens is 1. The average Bonchev–Trinajstić information content (AvgIpc) is 2.66. The van der Waals surface area contributed by atoms with Crippen LogP contribution < -0.4 is 10.6 Å². The van der Waals surface area contributed by atoms with E-state index in [0.717, 1.165) is 43.4 Å². The van der Waals surface area contributed by atoms with Crippen LogP contribution in [-0.4, -0.2) is 30.6 Å². The first-order valence-electron chi connectivity index (χ1n) is 5.28. The number of halogens is 1. The van der Waals surface area contributed by atoms with Crippen molar-refractivity contribution in [1.29, 1.82) is 0 Å². The molecule has 90 valence electrons. The first kappa shape index (κ1) is 13.7. The van der Waals surface area contributed by atoms with Gasteiger partial charge in [0.25, 0.3) is 0 Å². The topological polar surface area (TPSA) is 49.3 Å². The molecule has 4 nitrogen and oxygen atoms in total. The van der Waals surface area contributed by atoms with Crippen LogP contribution in [-0.2, 0) is 6.42 Å². The minimum atomic E-state index is 0. The molecule has 1 aliphatic heterocycles. The van der Waals surface area contributed by atoms with Crippen molar-refractivity contribution in [3.05, 3.63) is 16.1 Å². The SMILES string of the molecule is Cc1nc(CCNC2=NCCCN2)cs1.I. The fourth-order valence-electron chi connectivity index (χ4n) is 1.48. The summed E-state index contributed by atoms with van der Waals surface area (Å²) in [6, 6.07) is 0. The second-order valence-electron chi connectivity index (χ2n) is 3.55. The van der Waals surface area contributed by atoms with Crippen molar-refractivity contribution in [3.8, 4) is 0 Å². The minimum Gasteiger partial charge on any atom is -0.356 e. The molecule has 0 unspecified atom stereocenters. The molecule has 0 radical (unpaired) electrons. The van der Waals surface area contributed by atoms with Crippen molar-refractivity contribution in [1.82, 2.24) is 15.6 Å². The molecule has 0 spiro atoms. The van der Waals surface area contributed by atoms with Crippen molar-refractivity contribution < 1.29 is 0 Å². The number of nitrogens with zero attached hydrogens (tertiary/aromatic N) is 2. The largest absolute Gasteiger partial charge is 0.356 e. The molecule has 0 atom stereocenters. The second-order valence-corrected chi connectivity index (χ2v) is 4.61. The monoisotopic (exact) mass is 352 g/mol. The summed E-state index contributed by atoms with van der Waals surface area (Å²) < 4.78 is 0. The van der Waals surface area contributed by atoms with Crippen LogP contribution in [0.3, 0.4) is 0 Å². The van der Waals surface area contributed by atoms with Crippen LogP contribution in [0.1, 0.15) is 17.1 Å². The normalized spacial score (nSPS) is 14.7. The Morgan fingerprint density at radius 2 is 2.44 bits per heavy atom. The molecule has 16 heavy (non-hydrogen) atoms. The van der Waals surface area contributed by atoms with Crippen LogP contribution in [0.5, 0.6) is 0 Å². The number of hydrogen-bond donors (Lipinski definition) is 2. The van der Waals surface area contributed by atoms with Crippen LogP contribution in [0.25, 0.3) is 0 Å². The lowest BCUT2D eigenvalue weighted by Crippen LogP contribution is -2.41. The Hall–Kier alpha value is -0.370. The number of aliphatic imine (C=N–C) groups is 1. The van der Waals surface area contributed by atoms with Crippen LogP contribution in [0.2, 0.25) is 0 Å². The third kappa shape index (κ3) is 4.25. The predicted octanol–water partition coefficient (Wildman–Crippen LogP) is 1.55. The molecule has 0 amide bonds. The number of guanidine groups is 1. The molecule has 0 saturated carbocycles. The van der Waals surface area contributed by atoms with Gasteiger partial charge in [-0.2, -0.15) is 0 Å². The number of aryl methyl sites for hydroxylation is 1. The molecule has 0 fully saturated rings. The maximum atomic E-state index is 4.41. The van der Waals surface area contributed by atoms with Crippen molar-refractivity contribution >= 4 is 41.3 Å². The van der Waals surface area contributed by atoms with E-state index in [4.69, 9.17) is 0 Å². The van der Waals surface area contributed by atoms with Gasteiger partial charge in [-0.25, -0.2) is 4.98 Å². The summed E-state index contributed by atoms with van der Waals surface area (Å²) in [6.07, 6.45) is 2.10. The van der Waals surface area contributed by atoms with Crippen LogP contribution >= 0.6 is 35.3 Å². The Labute approximate surface area is 117 Å². The zero-order chi connectivity index (χ0) is 10.5. The molecule has 1 aliphatic rings. The van der Waals surface area contributed by atoms with Gasteiger partial charge >= 0.3 is 0 Å². The van der Waals surface area contributed by atoms with E-state index in [-0.39, 0.29) is 24.0 Å². The molecular formula is C10H17IN4S. The third-order valence-corrected chi connectivity index (χ3v) is 3.06. The molecule has 2 rings (SSSR count). The lowest BCUT2D eigenvalue weighted by Gasteiger charge is -2.15. The highest BCUT2D eigenvalue weighted by molar-refractivity contribution is 14.0. The molecule has 1 aromatic heterocycles. The third-order valence-electron chi connectivity index (χ3n) is 2.24. The number of rotatable bonds is 3. The fraction of sp³-hybridized carbons (Fsp3) is 0.600. The molecule has 0 bridgehead atoms. The van der Waals surface area contributed by atoms with Crippen LogP contribution in [0.15, 0.2) is 10.4 Å².